The lowest BCUT2D eigenvalue weighted by Crippen LogP contribution is -2.43. The van der Waals surface area contributed by atoms with Gasteiger partial charge >= 0.3 is 0 Å². The highest BCUT2D eigenvalue weighted by Crippen LogP contribution is 2.18. The van der Waals surface area contributed by atoms with Crippen LogP contribution < -0.4 is 16.0 Å². The van der Waals surface area contributed by atoms with Crippen molar-refractivity contribution >= 4 is 35.8 Å². The average molecular weight is 410 g/mol. The second-order valence-electron chi connectivity index (χ2n) is 6.05. The van der Waals surface area contributed by atoms with E-state index in [9.17, 15) is 4.79 Å². The van der Waals surface area contributed by atoms with Crippen molar-refractivity contribution < 1.29 is 4.79 Å². The largest absolute Gasteiger partial charge is 0.357 e. The summed E-state index contributed by atoms with van der Waals surface area (Å²) in [7, 11) is 0. The van der Waals surface area contributed by atoms with E-state index in [0.717, 1.165) is 31.8 Å². The zero-order valence-corrected chi connectivity index (χ0v) is 16.1. The summed E-state index contributed by atoms with van der Waals surface area (Å²) in [5.74, 6) is 1.46. The summed E-state index contributed by atoms with van der Waals surface area (Å²) >= 11 is 0. The number of amides is 1. The van der Waals surface area contributed by atoms with Crippen LogP contribution in [0.2, 0.25) is 0 Å². The number of carbonyl (C=O) groups excluding carboxylic acids is 1. The van der Waals surface area contributed by atoms with Gasteiger partial charge in [-0.15, -0.1) is 24.0 Å². The molecule has 21 heavy (non-hydrogen) atoms. The Morgan fingerprint density at radius 2 is 1.90 bits per heavy atom. The molecule has 0 aliphatic heterocycles. The van der Waals surface area contributed by atoms with Crippen LogP contribution >= 0.6 is 24.0 Å². The highest BCUT2D eigenvalue weighted by molar-refractivity contribution is 14.0. The van der Waals surface area contributed by atoms with Gasteiger partial charge in [-0.25, -0.2) is 4.99 Å². The molecule has 6 heteroatoms. The summed E-state index contributed by atoms with van der Waals surface area (Å²) in [6.45, 7) is 9.64. The maximum Gasteiger partial charge on any atom is 0.242 e. The topological polar surface area (TPSA) is 65.5 Å². The van der Waals surface area contributed by atoms with Gasteiger partial charge in [-0.2, -0.15) is 0 Å². The highest BCUT2D eigenvalue weighted by atomic mass is 127. The van der Waals surface area contributed by atoms with Gasteiger partial charge in [0.15, 0.2) is 5.96 Å². The lowest BCUT2D eigenvalue weighted by atomic mass is 10.0. The molecule has 0 radical (unpaired) electrons. The number of hydrogen-bond donors (Lipinski definition) is 3. The second-order valence-corrected chi connectivity index (χ2v) is 6.05. The Labute approximate surface area is 146 Å². The van der Waals surface area contributed by atoms with Crippen molar-refractivity contribution in [3.05, 3.63) is 0 Å². The molecular formula is C15H31IN4O. The summed E-state index contributed by atoms with van der Waals surface area (Å²) in [4.78, 5) is 16.0. The summed E-state index contributed by atoms with van der Waals surface area (Å²) in [6, 6.07) is 0.764. The van der Waals surface area contributed by atoms with Crippen molar-refractivity contribution in [1.82, 2.24) is 16.0 Å². The van der Waals surface area contributed by atoms with Crippen LogP contribution in [0, 0.1) is 5.92 Å². The van der Waals surface area contributed by atoms with Gasteiger partial charge in [-0.3, -0.25) is 4.79 Å². The molecule has 0 spiro atoms. The van der Waals surface area contributed by atoms with Crippen LogP contribution in [-0.4, -0.2) is 37.0 Å². The Hall–Kier alpha value is -0.530. The number of nitrogens with one attached hydrogen (secondary N) is 3. The van der Waals surface area contributed by atoms with Gasteiger partial charge in [-0.1, -0.05) is 13.8 Å². The van der Waals surface area contributed by atoms with Gasteiger partial charge in [0.1, 0.15) is 6.54 Å². The summed E-state index contributed by atoms with van der Waals surface area (Å²) in [6.07, 6.45) is 4.52. The van der Waals surface area contributed by atoms with Crippen LogP contribution in [0.15, 0.2) is 4.99 Å². The highest BCUT2D eigenvalue weighted by Gasteiger charge is 2.22. The van der Waals surface area contributed by atoms with E-state index < -0.39 is 0 Å². The van der Waals surface area contributed by atoms with E-state index in [-0.39, 0.29) is 36.4 Å². The fourth-order valence-electron chi connectivity index (χ4n) is 1.86. The molecule has 0 bridgehead atoms. The number of nitrogens with zero attached hydrogens (tertiary/aromatic N) is 1. The van der Waals surface area contributed by atoms with E-state index in [1.807, 2.05) is 6.92 Å². The molecule has 1 rings (SSSR count). The fraction of sp³-hybridized carbons (Fsp3) is 0.867. The SMILES string of the molecule is CCNC(=NCC(=O)NC1CC1)NC(C)CCC(C)C.I. The Bertz CT molecular complexity index is 330. The molecule has 3 N–H and O–H groups in total. The first kappa shape index (κ1) is 20.5. The molecule has 1 saturated carbocycles. The van der Waals surface area contributed by atoms with Crippen LogP contribution in [0.25, 0.3) is 0 Å². The molecule has 0 aromatic carbocycles. The van der Waals surface area contributed by atoms with Crippen LogP contribution in [0.4, 0.5) is 0 Å². The molecule has 124 valence electrons. The third kappa shape index (κ3) is 10.8. The number of halogens is 1. The van der Waals surface area contributed by atoms with Gasteiger partial charge in [0.25, 0.3) is 0 Å². The zero-order chi connectivity index (χ0) is 15.0. The van der Waals surface area contributed by atoms with Crippen LogP contribution in [0.5, 0.6) is 0 Å². The van der Waals surface area contributed by atoms with Crippen molar-refractivity contribution in [3.8, 4) is 0 Å². The van der Waals surface area contributed by atoms with Gasteiger partial charge in [0, 0.05) is 18.6 Å². The van der Waals surface area contributed by atoms with E-state index in [0.29, 0.717) is 18.0 Å². The third-order valence-corrected chi connectivity index (χ3v) is 3.23. The van der Waals surface area contributed by atoms with Crippen molar-refractivity contribution in [2.75, 3.05) is 13.1 Å². The monoisotopic (exact) mass is 410 g/mol. The van der Waals surface area contributed by atoms with Crippen LogP contribution in [-0.2, 0) is 4.79 Å². The zero-order valence-electron chi connectivity index (χ0n) is 13.7. The lowest BCUT2D eigenvalue weighted by molar-refractivity contribution is -0.119. The van der Waals surface area contributed by atoms with Gasteiger partial charge in [0.2, 0.25) is 5.91 Å². The quantitative estimate of drug-likeness (QED) is 0.327. The van der Waals surface area contributed by atoms with E-state index in [4.69, 9.17) is 0 Å². The van der Waals surface area contributed by atoms with E-state index in [2.05, 4.69) is 41.7 Å². The number of guanidine groups is 1. The first-order valence-corrected chi connectivity index (χ1v) is 7.85. The first-order chi connectivity index (χ1) is 9.51. The number of carbonyl (C=O) groups is 1. The Kier molecular flexibility index (Phi) is 10.8. The predicted molar refractivity (Wildman–Crippen MR) is 99.2 cm³/mol. The Balaban J connectivity index is 0.00000400. The van der Waals surface area contributed by atoms with Gasteiger partial charge in [0.05, 0.1) is 0 Å². The third-order valence-electron chi connectivity index (χ3n) is 3.23. The van der Waals surface area contributed by atoms with Crippen LogP contribution in [0.3, 0.4) is 0 Å². The van der Waals surface area contributed by atoms with Crippen molar-refractivity contribution in [2.45, 2.75) is 65.5 Å². The molecule has 1 amide bonds. The second kappa shape index (κ2) is 11.1. The minimum atomic E-state index is 0. The molecule has 1 aliphatic rings. The van der Waals surface area contributed by atoms with Crippen molar-refractivity contribution in [1.29, 1.82) is 0 Å². The minimum absolute atomic E-state index is 0. The molecular weight excluding hydrogens is 379 g/mol. The Morgan fingerprint density at radius 1 is 1.24 bits per heavy atom. The summed E-state index contributed by atoms with van der Waals surface area (Å²) < 4.78 is 0. The van der Waals surface area contributed by atoms with E-state index in [1.54, 1.807) is 0 Å². The van der Waals surface area contributed by atoms with Crippen LogP contribution in [0.1, 0.15) is 53.4 Å². The molecule has 0 saturated heterocycles. The Morgan fingerprint density at radius 3 is 2.43 bits per heavy atom. The smallest absolute Gasteiger partial charge is 0.242 e. The number of rotatable bonds is 8. The van der Waals surface area contributed by atoms with E-state index in [1.165, 1.54) is 6.42 Å². The number of hydrogen-bond acceptors (Lipinski definition) is 2. The molecule has 1 aliphatic carbocycles. The number of aliphatic imine (C=N–C) groups is 1. The molecule has 0 heterocycles. The van der Waals surface area contributed by atoms with Crippen molar-refractivity contribution in [3.63, 3.8) is 0 Å². The lowest BCUT2D eigenvalue weighted by Gasteiger charge is -2.18. The standard InChI is InChI=1S/C15H30N4O.HI/c1-5-16-15(18-12(4)7-6-11(2)3)17-10-14(20)19-13-8-9-13;/h11-13H,5-10H2,1-4H3,(H,19,20)(H2,16,17,18);1H. The summed E-state index contributed by atoms with van der Waals surface area (Å²) in [5.41, 5.74) is 0. The minimum Gasteiger partial charge on any atom is -0.357 e. The van der Waals surface area contributed by atoms with E-state index >= 15 is 0 Å². The predicted octanol–water partition coefficient (Wildman–Crippen LogP) is 2.26. The molecule has 1 unspecified atom stereocenters. The van der Waals surface area contributed by atoms with Gasteiger partial charge < -0.3 is 16.0 Å². The maximum atomic E-state index is 11.6. The molecule has 5 nitrogen and oxygen atoms in total. The average Bonchev–Trinajstić information content (AvgIpc) is 3.17. The summed E-state index contributed by atoms with van der Waals surface area (Å²) in [5, 5.41) is 9.48. The van der Waals surface area contributed by atoms with Crippen molar-refractivity contribution in [2.24, 2.45) is 10.9 Å². The normalized spacial score (nSPS) is 16.1. The fourth-order valence-corrected chi connectivity index (χ4v) is 1.86. The molecule has 1 atom stereocenters. The van der Waals surface area contributed by atoms with Gasteiger partial charge in [-0.05, 0) is 45.4 Å². The molecule has 1 fully saturated rings. The maximum absolute atomic E-state index is 11.6. The molecule has 0 aromatic heterocycles. The molecule has 0 aromatic rings. The first-order valence-electron chi connectivity index (χ1n) is 7.85.